The summed E-state index contributed by atoms with van der Waals surface area (Å²) in [5, 5.41) is 3.43. The van der Waals surface area contributed by atoms with E-state index >= 15 is 0 Å². The molecule has 2 fully saturated rings. The molecule has 2 aliphatic rings. The lowest BCUT2D eigenvalue weighted by Gasteiger charge is -2.46. The monoisotopic (exact) mass is 260 g/mol. The van der Waals surface area contributed by atoms with Gasteiger partial charge in [0.05, 0.1) is 13.2 Å². The van der Waals surface area contributed by atoms with Crippen molar-refractivity contribution in [3.05, 3.63) is 35.9 Å². The Balaban J connectivity index is 1.69. The molecule has 0 radical (unpaired) electrons. The van der Waals surface area contributed by atoms with Crippen molar-refractivity contribution in [1.82, 2.24) is 10.2 Å². The number of nitrogens with one attached hydrogen (secondary N) is 1. The summed E-state index contributed by atoms with van der Waals surface area (Å²) in [5.74, 6) is 0. The van der Waals surface area contributed by atoms with Gasteiger partial charge in [0.2, 0.25) is 0 Å². The first-order valence-corrected chi connectivity index (χ1v) is 7.38. The summed E-state index contributed by atoms with van der Waals surface area (Å²) in [6.07, 6.45) is 1.21. The average molecular weight is 260 g/mol. The molecule has 0 bridgehead atoms. The molecular formula is C16H24N2O. The van der Waals surface area contributed by atoms with Crippen LogP contribution in [0.5, 0.6) is 0 Å². The highest BCUT2D eigenvalue weighted by molar-refractivity contribution is 5.28. The predicted molar refractivity (Wildman–Crippen MR) is 77.5 cm³/mol. The lowest BCUT2D eigenvalue weighted by Crippen LogP contribution is -2.54. The molecule has 3 nitrogen and oxygen atoms in total. The number of ether oxygens (including phenoxy) is 1. The van der Waals surface area contributed by atoms with Crippen molar-refractivity contribution in [2.24, 2.45) is 0 Å². The van der Waals surface area contributed by atoms with Crippen LogP contribution < -0.4 is 5.32 Å². The minimum absolute atomic E-state index is 0.256. The maximum Gasteiger partial charge on any atom is 0.0586 e. The molecule has 2 aliphatic heterocycles. The Morgan fingerprint density at radius 1 is 1.21 bits per heavy atom. The number of rotatable bonds is 4. The molecule has 1 unspecified atom stereocenters. The third kappa shape index (κ3) is 2.69. The van der Waals surface area contributed by atoms with E-state index in [9.17, 15) is 0 Å². The number of benzene rings is 1. The lowest BCUT2D eigenvalue weighted by atomic mass is 9.74. The van der Waals surface area contributed by atoms with E-state index in [1.807, 2.05) is 0 Å². The molecule has 104 valence electrons. The average Bonchev–Trinajstić information content (AvgIpc) is 2.44. The third-order valence-corrected chi connectivity index (χ3v) is 4.60. The van der Waals surface area contributed by atoms with E-state index < -0.39 is 0 Å². The molecular weight excluding hydrogens is 236 g/mol. The minimum Gasteiger partial charge on any atom is -0.379 e. The summed E-state index contributed by atoms with van der Waals surface area (Å²) < 4.78 is 5.55. The van der Waals surface area contributed by atoms with Gasteiger partial charge in [-0.25, -0.2) is 0 Å². The van der Waals surface area contributed by atoms with Crippen molar-refractivity contribution in [3.8, 4) is 0 Å². The SMILES string of the molecule is CC(CC1(c2ccccc2)COC1)N1CCNCC1. The Kier molecular flexibility index (Phi) is 3.87. The molecule has 0 saturated carbocycles. The summed E-state index contributed by atoms with van der Waals surface area (Å²) >= 11 is 0. The van der Waals surface area contributed by atoms with E-state index in [4.69, 9.17) is 4.74 Å². The molecule has 19 heavy (non-hydrogen) atoms. The second-order valence-corrected chi connectivity index (χ2v) is 5.98. The van der Waals surface area contributed by atoms with Crippen LogP contribution in [0.25, 0.3) is 0 Å². The highest BCUT2D eigenvalue weighted by Gasteiger charge is 2.42. The van der Waals surface area contributed by atoms with Gasteiger partial charge in [-0.05, 0) is 18.9 Å². The highest BCUT2D eigenvalue weighted by Crippen LogP contribution is 2.37. The first-order valence-electron chi connectivity index (χ1n) is 7.38. The molecule has 1 N–H and O–H groups in total. The second-order valence-electron chi connectivity index (χ2n) is 5.98. The Bertz CT molecular complexity index is 396. The highest BCUT2D eigenvalue weighted by atomic mass is 16.5. The van der Waals surface area contributed by atoms with Gasteiger partial charge in [0.25, 0.3) is 0 Å². The fourth-order valence-corrected chi connectivity index (χ4v) is 3.36. The second kappa shape index (κ2) is 5.61. The molecule has 2 heterocycles. The molecule has 0 aromatic heterocycles. The summed E-state index contributed by atoms with van der Waals surface area (Å²) in [7, 11) is 0. The Hall–Kier alpha value is -0.900. The Labute approximate surface area is 115 Å². The molecule has 1 aromatic carbocycles. The molecule has 0 aliphatic carbocycles. The summed E-state index contributed by atoms with van der Waals surface area (Å²) in [6.45, 7) is 8.73. The van der Waals surface area contributed by atoms with E-state index in [1.54, 1.807) is 0 Å². The molecule has 0 amide bonds. The van der Waals surface area contributed by atoms with E-state index in [1.165, 1.54) is 25.1 Å². The number of hydrogen-bond acceptors (Lipinski definition) is 3. The molecule has 3 heteroatoms. The van der Waals surface area contributed by atoms with Crippen LogP contribution in [0.15, 0.2) is 30.3 Å². The Morgan fingerprint density at radius 3 is 2.47 bits per heavy atom. The predicted octanol–water partition coefficient (Wildman–Crippen LogP) is 1.64. The first-order chi connectivity index (χ1) is 9.30. The van der Waals surface area contributed by atoms with Crippen molar-refractivity contribution >= 4 is 0 Å². The van der Waals surface area contributed by atoms with Crippen LogP contribution >= 0.6 is 0 Å². The maximum atomic E-state index is 5.55. The zero-order chi connectivity index (χ0) is 13.1. The van der Waals surface area contributed by atoms with Crippen LogP contribution in [0.2, 0.25) is 0 Å². The van der Waals surface area contributed by atoms with Crippen LogP contribution in [0, 0.1) is 0 Å². The lowest BCUT2D eigenvalue weighted by molar-refractivity contribution is -0.0746. The molecule has 2 saturated heterocycles. The van der Waals surface area contributed by atoms with Gasteiger partial charge >= 0.3 is 0 Å². The van der Waals surface area contributed by atoms with E-state index in [0.29, 0.717) is 6.04 Å². The normalized spacial score (nSPS) is 24.7. The van der Waals surface area contributed by atoms with Gasteiger partial charge in [0.15, 0.2) is 0 Å². The number of hydrogen-bond donors (Lipinski definition) is 1. The van der Waals surface area contributed by atoms with E-state index in [-0.39, 0.29) is 5.41 Å². The van der Waals surface area contributed by atoms with Gasteiger partial charge in [0.1, 0.15) is 0 Å². The molecule has 1 atom stereocenters. The van der Waals surface area contributed by atoms with Gasteiger partial charge in [-0.1, -0.05) is 30.3 Å². The fourth-order valence-electron chi connectivity index (χ4n) is 3.36. The van der Waals surface area contributed by atoms with Gasteiger partial charge in [0, 0.05) is 37.6 Å². The van der Waals surface area contributed by atoms with Crippen LogP contribution in [0.1, 0.15) is 18.9 Å². The standard InChI is InChI=1S/C16H24N2O/c1-14(18-9-7-17-8-10-18)11-16(12-19-13-16)15-5-3-2-4-6-15/h2-6,14,17H,7-13H2,1H3. The van der Waals surface area contributed by atoms with Gasteiger partial charge in [-0.3, -0.25) is 4.90 Å². The zero-order valence-electron chi connectivity index (χ0n) is 11.8. The Morgan fingerprint density at radius 2 is 1.89 bits per heavy atom. The number of nitrogens with zero attached hydrogens (tertiary/aromatic N) is 1. The van der Waals surface area contributed by atoms with Crippen molar-refractivity contribution in [1.29, 1.82) is 0 Å². The van der Waals surface area contributed by atoms with Crippen LogP contribution in [-0.2, 0) is 10.2 Å². The summed E-state index contributed by atoms with van der Waals surface area (Å²) in [6, 6.07) is 11.5. The van der Waals surface area contributed by atoms with Crippen LogP contribution in [0.3, 0.4) is 0 Å². The van der Waals surface area contributed by atoms with Crippen molar-refractivity contribution < 1.29 is 4.74 Å². The van der Waals surface area contributed by atoms with Gasteiger partial charge in [-0.2, -0.15) is 0 Å². The zero-order valence-corrected chi connectivity index (χ0v) is 11.8. The summed E-state index contributed by atoms with van der Waals surface area (Å²) in [4.78, 5) is 2.61. The molecule has 1 aromatic rings. The smallest absolute Gasteiger partial charge is 0.0586 e. The maximum absolute atomic E-state index is 5.55. The number of piperazine rings is 1. The first kappa shape index (κ1) is 13.1. The molecule has 3 rings (SSSR count). The quantitative estimate of drug-likeness (QED) is 0.890. The minimum atomic E-state index is 0.256. The van der Waals surface area contributed by atoms with Gasteiger partial charge < -0.3 is 10.1 Å². The summed E-state index contributed by atoms with van der Waals surface area (Å²) in [5.41, 5.74) is 1.70. The van der Waals surface area contributed by atoms with Crippen molar-refractivity contribution in [3.63, 3.8) is 0 Å². The van der Waals surface area contributed by atoms with Crippen LogP contribution in [-0.4, -0.2) is 50.3 Å². The van der Waals surface area contributed by atoms with E-state index in [0.717, 1.165) is 26.3 Å². The fraction of sp³-hybridized carbons (Fsp3) is 0.625. The van der Waals surface area contributed by atoms with E-state index in [2.05, 4.69) is 47.5 Å². The largest absolute Gasteiger partial charge is 0.379 e. The third-order valence-electron chi connectivity index (χ3n) is 4.60. The van der Waals surface area contributed by atoms with Gasteiger partial charge in [-0.15, -0.1) is 0 Å². The topological polar surface area (TPSA) is 24.5 Å². The van der Waals surface area contributed by atoms with Crippen LogP contribution in [0.4, 0.5) is 0 Å². The van der Waals surface area contributed by atoms with Crippen molar-refractivity contribution in [2.75, 3.05) is 39.4 Å². The molecule has 0 spiro atoms. The van der Waals surface area contributed by atoms with Crippen molar-refractivity contribution in [2.45, 2.75) is 24.8 Å².